The molecule has 0 unspecified atom stereocenters. The molecular weight excluding hydrogens is 448 g/mol. The van der Waals surface area contributed by atoms with Crippen LogP contribution in [0.1, 0.15) is 49.7 Å². The van der Waals surface area contributed by atoms with E-state index in [2.05, 4.69) is 0 Å². The van der Waals surface area contributed by atoms with Crippen molar-refractivity contribution < 1.29 is 33.7 Å². The van der Waals surface area contributed by atoms with Crippen LogP contribution in [0.25, 0.3) is 0 Å². The molecule has 1 saturated carbocycles. The van der Waals surface area contributed by atoms with E-state index in [1.54, 1.807) is 0 Å². The molecule has 0 radical (unpaired) electrons. The van der Waals surface area contributed by atoms with Gasteiger partial charge in [0, 0.05) is 62.8 Å². The predicted octanol–water partition coefficient (Wildman–Crippen LogP) is 3.56. The zero-order chi connectivity index (χ0) is 24.8. The van der Waals surface area contributed by atoms with E-state index < -0.39 is 44.8 Å². The summed E-state index contributed by atoms with van der Waals surface area (Å²) in [4.78, 5) is 61.0. The lowest BCUT2D eigenvalue weighted by Crippen LogP contribution is -2.61. The van der Waals surface area contributed by atoms with Crippen molar-refractivity contribution in [3.8, 4) is 0 Å². The first kappa shape index (κ1) is 23.0. The standard InChI is InChI=1S/C23H20N2O9/c1-22(2)33-20(27)23(21(28)34-22)18(13-3-7-15(8-4-13)24(29)30)11-17(26)12-19(23)14-5-9-16(10-6-14)25(31)32/h3-10,18-19H,11-12H2,1-2H3/t18-,19+. The van der Waals surface area contributed by atoms with Crippen molar-refractivity contribution in [3.63, 3.8) is 0 Å². The van der Waals surface area contributed by atoms with Crippen molar-refractivity contribution in [2.75, 3.05) is 0 Å². The zero-order valence-electron chi connectivity index (χ0n) is 18.3. The minimum Gasteiger partial charge on any atom is -0.422 e. The first-order valence-corrected chi connectivity index (χ1v) is 10.4. The van der Waals surface area contributed by atoms with Crippen molar-refractivity contribution >= 4 is 29.1 Å². The van der Waals surface area contributed by atoms with Crippen molar-refractivity contribution in [2.24, 2.45) is 5.41 Å². The maximum atomic E-state index is 13.6. The van der Waals surface area contributed by atoms with Gasteiger partial charge < -0.3 is 9.47 Å². The molecule has 0 amide bonds. The summed E-state index contributed by atoms with van der Waals surface area (Å²) in [5.74, 6) is -5.58. The van der Waals surface area contributed by atoms with Crippen LogP contribution in [0.2, 0.25) is 0 Å². The van der Waals surface area contributed by atoms with Crippen LogP contribution in [-0.4, -0.2) is 33.4 Å². The molecular formula is C23H20N2O9. The van der Waals surface area contributed by atoms with Gasteiger partial charge in [0.25, 0.3) is 17.2 Å². The van der Waals surface area contributed by atoms with Crippen LogP contribution in [0.4, 0.5) is 11.4 Å². The molecule has 34 heavy (non-hydrogen) atoms. The summed E-state index contributed by atoms with van der Waals surface area (Å²) in [6.07, 6.45) is -0.377. The van der Waals surface area contributed by atoms with E-state index in [9.17, 15) is 34.6 Å². The van der Waals surface area contributed by atoms with Crippen LogP contribution < -0.4 is 0 Å². The molecule has 4 rings (SSSR count). The van der Waals surface area contributed by atoms with Gasteiger partial charge in [-0.15, -0.1) is 0 Å². The van der Waals surface area contributed by atoms with E-state index in [-0.39, 0.29) is 30.0 Å². The highest BCUT2D eigenvalue weighted by Crippen LogP contribution is 2.58. The fourth-order valence-corrected chi connectivity index (χ4v) is 4.81. The third kappa shape index (κ3) is 3.68. The highest BCUT2D eigenvalue weighted by molar-refractivity contribution is 6.06. The Morgan fingerprint density at radius 1 is 0.735 bits per heavy atom. The molecule has 11 heteroatoms. The van der Waals surface area contributed by atoms with Crippen LogP contribution in [0.5, 0.6) is 0 Å². The van der Waals surface area contributed by atoms with Crippen LogP contribution in [-0.2, 0) is 23.9 Å². The summed E-state index contributed by atoms with van der Waals surface area (Å²) in [7, 11) is 0. The maximum Gasteiger partial charge on any atom is 0.328 e. The molecule has 0 bridgehead atoms. The normalized spacial score (nSPS) is 23.2. The Hall–Kier alpha value is -4.15. The molecule has 0 N–H and O–H groups in total. The van der Waals surface area contributed by atoms with Gasteiger partial charge in [0.2, 0.25) is 0 Å². The number of hydrogen-bond acceptors (Lipinski definition) is 9. The number of ether oxygens (including phenoxy) is 2. The molecule has 2 fully saturated rings. The number of rotatable bonds is 4. The second-order valence-electron chi connectivity index (χ2n) is 8.80. The number of hydrogen-bond donors (Lipinski definition) is 0. The SMILES string of the molecule is CC1(C)OC(=O)C2(C(=O)O1)[C@@H](c1ccc([N+](=O)[O-])cc1)CC(=O)C[C@H]2c1ccc([N+](=O)[O-])cc1. The Balaban J connectivity index is 1.90. The minimum atomic E-state index is -1.96. The third-order valence-corrected chi connectivity index (χ3v) is 6.33. The average molecular weight is 468 g/mol. The lowest BCUT2D eigenvalue weighted by molar-refractivity contribution is -0.385. The van der Waals surface area contributed by atoms with E-state index in [1.165, 1.54) is 62.4 Å². The van der Waals surface area contributed by atoms with Gasteiger partial charge in [-0.1, -0.05) is 24.3 Å². The Kier molecular flexibility index (Phi) is 5.42. The molecule has 176 valence electrons. The highest BCUT2D eigenvalue weighted by Gasteiger charge is 2.67. The quantitative estimate of drug-likeness (QED) is 0.283. The number of carbonyl (C=O) groups excluding carboxylic acids is 3. The summed E-state index contributed by atoms with van der Waals surface area (Å²) in [6.45, 7) is 2.82. The molecule has 2 aliphatic rings. The van der Waals surface area contributed by atoms with E-state index in [1.807, 2.05) is 0 Å². The third-order valence-electron chi connectivity index (χ3n) is 6.33. The fraction of sp³-hybridized carbons (Fsp3) is 0.348. The number of nitrogens with zero attached hydrogens (tertiary/aromatic N) is 2. The Bertz CT molecular complexity index is 1110. The molecule has 0 aromatic heterocycles. The Labute approximate surface area is 193 Å². The van der Waals surface area contributed by atoms with Crippen molar-refractivity contribution in [3.05, 3.63) is 79.9 Å². The summed E-state index contributed by atoms with van der Waals surface area (Å²) in [5.41, 5.74) is -1.63. The average Bonchev–Trinajstić information content (AvgIpc) is 2.77. The first-order chi connectivity index (χ1) is 16.0. The molecule has 2 atom stereocenters. The first-order valence-electron chi connectivity index (χ1n) is 10.4. The number of non-ortho nitro benzene ring substituents is 2. The van der Waals surface area contributed by atoms with Crippen LogP contribution >= 0.6 is 0 Å². The second-order valence-corrected chi connectivity index (χ2v) is 8.80. The van der Waals surface area contributed by atoms with Gasteiger partial charge in [-0.25, -0.2) is 0 Å². The fourth-order valence-electron chi connectivity index (χ4n) is 4.81. The number of nitro groups is 2. The summed E-state index contributed by atoms with van der Waals surface area (Å²) < 4.78 is 11.0. The van der Waals surface area contributed by atoms with E-state index >= 15 is 0 Å². The van der Waals surface area contributed by atoms with Gasteiger partial charge >= 0.3 is 11.9 Å². The summed E-state index contributed by atoms with van der Waals surface area (Å²) in [5, 5.41) is 22.2. The molecule has 1 aliphatic heterocycles. The lowest BCUT2D eigenvalue weighted by Gasteiger charge is -2.49. The Morgan fingerprint density at radius 2 is 1.09 bits per heavy atom. The van der Waals surface area contributed by atoms with Gasteiger partial charge in [-0.3, -0.25) is 34.6 Å². The number of cyclic esters (lactones) is 2. The van der Waals surface area contributed by atoms with Crippen LogP contribution in [0.15, 0.2) is 48.5 Å². The van der Waals surface area contributed by atoms with Gasteiger partial charge in [0.15, 0.2) is 5.41 Å². The molecule has 1 spiro atoms. The molecule has 1 aliphatic carbocycles. The summed E-state index contributed by atoms with van der Waals surface area (Å²) >= 11 is 0. The van der Waals surface area contributed by atoms with E-state index in [4.69, 9.17) is 9.47 Å². The van der Waals surface area contributed by atoms with Gasteiger partial charge in [0.1, 0.15) is 5.78 Å². The van der Waals surface area contributed by atoms with E-state index in [0.717, 1.165) is 0 Å². The number of nitro benzene ring substituents is 2. The monoisotopic (exact) mass is 468 g/mol. The van der Waals surface area contributed by atoms with E-state index in [0.29, 0.717) is 11.1 Å². The largest absolute Gasteiger partial charge is 0.422 e. The molecule has 2 aromatic carbocycles. The summed E-state index contributed by atoms with van der Waals surface area (Å²) in [6, 6.07) is 10.5. The van der Waals surface area contributed by atoms with Crippen molar-refractivity contribution in [1.82, 2.24) is 0 Å². The predicted molar refractivity (Wildman–Crippen MR) is 115 cm³/mol. The van der Waals surface area contributed by atoms with Crippen LogP contribution in [0, 0.1) is 25.6 Å². The van der Waals surface area contributed by atoms with Crippen molar-refractivity contribution in [2.45, 2.75) is 44.3 Å². The smallest absolute Gasteiger partial charge is 0.328 e. The number of ketones is 1. The number of carbonyl (C=O) groups is 3. The Morgan fingerprint density at radius 3 is 1.41 bits per heavy atom. The second kappa shape index (κ2) is 8.01. The molecule has 1 heterocycles. The topological polar surface area (TPSA) is 156 Å². The minimum absolute atomic E-state index is 0.189. The van der Waals surface area contributed by atoms with Gasteiger partial charge in [-0.05, 0) is 11.1 Å². The van der Waals surface area contributed by atoms with Crippen LogP contribution in [0.3, 0.4) is 0 Å². The highest BCUT2D eigenvalue weighted by atomic mass is 16.7. The van der Waals surface area contributed by atoms with Crippen molar-refractivity contribution in [1.29, 1.82) is 0 Å². The molecule has 11 nitrogen and oxygen atoms in total. The maximum absolute atomic E-state index is 13.6. The van der Waals surface area contributed by atoms with Gasteiger partial charge in [-0.2, -0.15) is 0 Å². The zero-order valence-corrected chi connectivity index (χ0v) is 18.3. The number of Topliss-reactive ketones (excluding diaryl/α,β-unsaturated/α-hetero) is 1. The molecule has 2 aromatic rings. The van der Waals surface area contributed by atoms with Gasteiger partial charge in [0.05, 0.1) is 9.85 Å². The number of benzene rings is 2. The molecule has 1 saturated heterocycles. The lowest BCUT2D eigenvalue weighted by atomic mass is 9.55. The number of esters is 2.